The molecule has 3 heterocycles. The van der Waals surface area contributed by atoms with E-state index in [1.165, 1.54) is 25.9 Å². The molecule has 3 heteroatoms. The van der Waals surface area contributed by atoms with Gasteiger partial charge in [-0.15, -0.1) is 0 Å². The highest BCUT2D eigenvalue weighted by Crippen LogP contribution is 2.42. The highest BCUT2D eigenvalue weighted by molar-refractivity contribution is 5.41. The first-order chi connectivity index (χ1) is 8.69. The van der Waals surface area contributed by atoms with Gasteiger partial charge in [0, 0.05) is 18.0 Å². The number of methoxy groups -OCH3 is 1. The molecule has 0 aromatic heterocycles. The van der Waals surface area contributed by atoms with Crippen LogP contribution in [0.1, 0.15) is 29.9 Å². The van der Waals surface area contributed by atoms with Crippen LogP contribution in [-0.2, 0) is 0 Å². The van der Waals surface area contributed by atoms with E-state index < -0.39 is 0 Å². The summed E-state index contributed by atoms with van der Waals surface area (Å²) in [6, 6.07) is 3.53. The minimum atomic E-state index is -0.109. The summed E-state index contributed by atoms with van der Waals surface area (Å²) in [7, 11) is 1.68. The summed E-state index contributed by atoms with van der Waals surface area (Å²) in [5.41, 5.74) is 1.73. The molecule has 2 nitrogen and oxygen atoms in total. The number of ether oxygens (including phenoxy) is 1. The van der Waals surface area contributed by atoms with E-state index in [0.717, 1.165) is 17.9 Å². The van der Waals surface area contributed by atoms with E-state index in [1.807, 2.05) is 6.07 Å². The van der Waals surface area contributed by atoms with Gasteiger partial charge in [0.25, 0.3) is 0 Å². The van der Waals surface area contributed by atoms with Crippen LogP contribution >= 0.6 is 0 Å². The van der Waals surface area contributed by atoms with Crippen molar-refractivity contribution in [1.29, 1.82) is 0 Å². The molecule has 1 atom stereocenters. The number of fused-ring (bicyclic) bond motifs is 3. The van der Waals surface area contributed by atoms with Crippen molar-refractivity contribution in [3.05, 3.63) is 29.1 Å². The lowest BCUT2D eigenvalue weighted by atomic mass is 9.75. The Hall–Kier alpha value is -1.09. The predicted molar refractivity (Wildman–Crippen MR) is 69.6 cm³/mol. The Labute approximate surface area is 108 Å². The number of hydrogen-bond acceptors (Lipinski definition) is 2. The minimum Gasteiger partial charge on any atom is -0.496 e. The average Bonchev–Trinajstić information content (AvgIpc) is 2.42. The maximum Gasteiger partial charge on any atom is 0.126 e. The molecule has 0 radical (unpaired) electrons. The molecule has 0 N–H and O–H groups in total. The molecule has 98 valence electrons. The fraction of sp³-hybridized carbons (Fsp3) is 0.600. The van der Waals surface area contributed by atoms with E-state index in [4.69, 9.17) is 4.74 Å². The van der Waals surface area contributed by atoms with Gasteiger partial charge in [-0.05, 0) is 56.5 Å². The molecule has 3 fully saturated rings. The van der Waals surface area contributed by atoms with Gasteiger partial charge < -0.3 is 9.64 Å². The summed E-state index contributed by atoms with van der Waals surface area (Å²) in [5.74, 6) is 1.89. The zero-order valence-electron chi connectivity index (χ0n) is 11.1. The van der Waals surface area contributed by atoms with Crippen molar-refractivity contribution in [2.45, 2.75) is 25.7 Å². The number of rotatable bonds is 2. The number of halogens is 1. The SMILES string of the molecule is COc1cc(C)c(F)cc1C1CN2CCC1CC2. The third-order valence-electron chi connectivity index (χ3n) is 4.57. The summed E-state index contributed by atoms with van der Waals surface area (Å²) < 4.78 is 19.3. The fourth-order valence-electron chi connectivity index (χ4n) is 3.45. The van der Waals surface area contributed by atoms with E-state index in [-0.39, 0.29) is 5.82 Å². The number of hydrogen-bond donors (Lipinski definition) is 0. The molecule has 0 amide bonds. The topological polar surface area (TPSA) is 12.5 Å². The zero-order valence-corrected chi connectivity index (χ0v) is 11.1. The minimum absolute atomic E-state index is 0.109. The van der Waals surface area contributed by atoms with Gasteiger partial charge in [-0.1, -0.05) is 0 Å². The number of benzene rings is 1. The Morgan fingerprint density at radius 1 is 1.28 bits per heavy atom. The summed E-state index contributed by atoms with van der Waals surface area (Å²) in [4.78, 5) is 2.49. The van der Waals surface area contributed by atoms with Crippen LogP contribution in [0.5, 0.6) is 5.75 Å². The van der Waals surface area contributed by atoms with Crippen molar-refractivity contribution in [1.82, 2.24) is 4.90 Å². The standard InChI is InChI=1S/C15H20FNO/c1-10-7-15(18-2)12(8-14(10)16)13-9-17-5-3-11(13)4-6-17/h7-8,11,13H,3-6,9H2,1-2H3. The monoisotopic (exact) mass is 249 g/mol. The molecule has 1 aromatic carbocycles. The van der Waals surface area contributed by atoms with Gasteiger partial charge in [0.15, 0.2) is 0 Å². The van der Waals surface area contributed by atoms with Crippen LogP contribution in [0.4, 0.5) is 4.39 Å². The lowest BCUT2D eigenvalue weighted by molar-refractivity contribution is 0.0858. The first-order valence-corrected chi connectivity index (χ1v) is 6.75. The second kappa shape index (κ2) is 4.54. The predicted octanol–water partition coefficient (Wildman–Crippen LogP) is 2.95. The van der Waals surface area contributed by atoms with Crippen LogP contribution in [0.3, 0.4) is 0 Å². The van der Waals surface area contributed by atoms with E-state index in [2.05, 4.69) is 4.90 Å². The van der Waals surface area contributed by atoms with E-state index in [0.29, 0.717) is 17.4 Å². The van der Waals surface area contributed by atoms with E-state index >= 15 is 0 Å². The molecule has 3 aliphatic heterocycles. The lowest BCUT2D eigenvalue weighted by Gasteiger charge is -2.45. The molecule has 0 spiro atoms. The first-order valence-electron chi connectivity index (χ1n) is 6.75. The third kappa shape index (κ3) is 1.91. The van der Waals surface area contributed by atoms with Gasteiger partial charge in [-0.25, -0.2) is 4.39 Å². The van der Waals surface area contributed by atoms with Crippen LogP contribution in [0.2, 0.25) is 0 Å². The molecular formula is C15H20FNO. The van der Waals surface area contributed by atoms with Crippen LogP contribution in [0.15, 0.2) is 12.1 Å². The summed E-state index contributed by atoms with van der Waals surface area (Å²) in [6.45, 7) is 5.26. The third-order valence-corrected chi connectivity index (χ3v) is 4.57. The van der Waals surface area contributed by atoms with Crippen molar-refractivity contribution < 1.29 is 9.13 Å². The zero-order chi connectivity index (χ0) is 12.7. The average molecular weight is 249 g/mol. The Morgan fingerprint density at radius 2 is 2.00 bits per heavy atom. The quantitative estimate of drug-likeness (QED) is 0.799. The second-order valence-electron chi connectivity index (χ2n) is 5.59. The van der Waals surface area contributed by atoms with Gasteiger partial charge in [-0.3, -0.25) is 0 Å². The molecule has 1 unspecified atom stereocenters. The molecule has 0 aliphatic carbocycles. The maximum atomic E-state index is 13.8. The van der Waals surface area contributed by atoms with Crippen molar-refractivity contribution in [3.63, 3.8) is 0 Å². The van der Waals surface area contributed by atoms with Crippen LogP contribution in [-0.4, -0.2) is 31.6 Å². The lowest BCUT2D eigenvalue weighted by Crippen LogP contribution is -2.46. The van der Waals surface area contributed by atoms with Crippen molar-refractivity contribution in [3.8, 4) is 5.75 Å². The Bertz CT molecular complexity index is 452. The van der Waals surface area contributed by atoms with Gasteiger partial charge in [-0.2, -0.15) is 0 Å². The molecule has 0 saturated carbocycles. The molecule has 18 heavy (non-hydrogen) atoms. The Balaban J connectivity index is 1.98. The van der Waals surface area contributed by atoms with Crippen LogP contribution in [0, 0.1) is 18.7 Å². The smallest absolute Gasteiger partial charge is 0.126 e. The van der Waals surface area contributed by atoms with E-state index in [9.17, 15) is 4.39 Å². The molecule has 3 saturated heterocycles. The number of piperidine rings is 3. The summed E-state index contributed by atoms with van der Waals surface area (Å²) >= 11 is 0. The van der Waals surface area contributed by atoms with Gasteiger partial charge in [0.2, 0.25) is 0 Å². The Kier molecular flexibility index (Phi) is 3.02. The normalized spacial score (nSPS) is 30.5. The first kappa shape index (κ1) is 12.0. The molecular weight excluding hydrogens is 229 g/mol. The molecule has 3 aliphatic rings. The number of nitrogens with zero attached hydrogens (tertiary/aromatic N) is 1. The largest absolute Gasteiger partial charge is 0.496 e. The van der Waals surface area contributed by atoms with Crippen LogP contribution < -0.4 is 4.74 Å². The van der Waals surface area contributed by atoms with Crippen molar-refractivity contribution in [2.75, 3.05) is 26.7 Å². The van der Waals surface area contributed by atoms with Gasteiger partial charge in [0.1, 0.15) is 11.6 Å². The van der Waals surface area contributed by atoms with Crippen LogP contribution in [0.25, 0.3) is 0 Å². The van der Waals surface area contributed by atoms with Crippen molar-refractivity contribution in [2.24, 2.45) is 5.92 Å². The molecule has 4 rings (SSSR count). The molecule has 1 aromatic rings. The van der Waals surface area contributed by atoms with Gasteiger partial charge in [0.05, 0.1) is 7.11 Å². The molecule has 2 bridgehead atoms. The van der Waals surface area contributed by atoms with Crippen molar-refractivity contribution >= 4 is 0 Å². The number of aryl methyl sites for hydroxylation is 1. The Morgan fingerprint density at radius 3 is 2.56 bits per heavy atom. The van der Waals surface area contributed by atoms with E-state index in [1.54, 1.807) is 20.1 Å². The highest BCUT2D eigenvalue weighted by atomic mass is 19.1. The van der Waals surface area contributed by atoms with Gasteiger partial charge >= 0.3 is 0 Å². The fourth-order valence-corrected chi connectivity index (χ4v) is 3.45. The summed E-state index contributed by atoms with van der Waals surface area (Å²) in [5, 5.41) is 0. The maximum absolute atomic E-state index is 13.8. The summed E-state index contributed by atoms with van der Waals surface area (Å²) in [6.07, 6.45) is 2.48. The highest BCUT2D eigenvalue weighted by Gasteiger charge is 2.36. The second-order valence-corrected chi connectivity index (χ2v) is 5.59.